The number of carbonyl (C=O) groups is 2. The Labute approximate surface area is 141 Å². The summed E-state index contributed by atoms with van der Waals surface area (Å²) >= 11 is 0. The Morgan fingerprint density at radius 2 is 1.68 bits per heavy atom. The molecule has 0 aliphatic carbocycles. The van der Waals surface area contributed by atoms with E-state index in [4.69, 9.17) is 4.74 Å². The van der Waals surface area contributed by atoms with Gasteiger partial charge in [0.15, 0.2) is 23.5 Å². The van der Waals surface area contributed by atoms with Crippen LogP contribution in [0, 0.1) is 17.5 Å². The van der Waals surface area contributed by atoms with Crippen LogP contribution in [-0.4, -0.2) is 29.1 Å². The number of carboxylic acids is 1. The number of amides is 1. The second kappa shape index (κ2) is 7.69. The number of hydrogen-bond donors (Lipinski definition) is 1. The van der Waals surface area contributed by atoms with E-state index in [9.17, 15) is 27.9 Å². The lowest BCUT2D eigenvalue weighted by Gasteiger charge is -2.24. The second-order valence-electron chi connectivity index (χ2n) is 5.19. The first-order chi connectivity index (χ1) is 11.8. The molecule has 0 aliphatic heterocycles. The van der Waals surface area contributed by atoms with Crippen LogP contribution in [0.1, 0.15) is 17.2 Å². The molecule has 2 rings (SSSR count). The summed E-state index contributed by atoms with van der Waals surface area (Å²) in [6, 6.07) is 7.95. The van der Waals surface area contributed by atoms with Crippen molar-refractivity contribution >= 4 is 12.1 Å². The Balaban J connectivity index is 2.19. The Kier molecular flexibility index (Phi) is 5.63. The number of carbonyl (C=O) groups excluding carboxylic acids is 1. The van der Waals surface area contributed by atoms with Crippen LogP contribution in [-0.2, 0) is 16.1 Å². The van der Waals surface area contributed by atoms with E-state index in [0.29, 0.717) is 22.6 Å². The van der Waals surface area contributed by atoms with E-state index in [1.54, 1.807) is 30.3 Å². The van der Waals surface area contributed by atoms with Crippen molar-refractivity contribution in [1.29, 1.82) is 0 Å². The molecule has 0 fully saturated rings. The summed E-state index contributed by atoms with van der Waals surface area (Å²) in [6.07, 6.45) is -1.01. The molecule has 0 radical (unpaired) electrons. The smallest absolute Gasteiger partial charge is 0.410 e. The average Bonchev–Trinajstić information content (AvgIpc) is 2.58. The van der Waals surface area contributed by atoms with Crippen molar-refractivity contribution < 1.29 is 32.6 Å². The maximum absolute atomic E-state index is 13.4. The Morgan fingerprint density at radius 3 is 2.20 bits per heavy atom. The van der Waals surface area contributed by atoms with Gasteiger partial charge < -0.3 is 9.84 Å². The molecule has 1 amide bonds. The van der Waals surface area contributed by atoms with E-state index in [2.05, 4.69) is 0 Å². The number of hydrogen-bond acceptors (Lipinski definition) is 3. The monoisotopic (exact) mass is 353 g/mol. The highest BCUT2D eigenvalue weighted by atomic mass is 19.2. The molecule has 0 saturated heterocycles. The van der Waals surface area contributed by atoms with Gasteiger partial charge in [0.05, 0.1) is 0 Å². The first-order valence-electron chi connectivity index (χ1n) is 7.12. The summed E-state index contributed by atoms with van der Waals surface area (Å²) in [6.45, 7) is -0.109. The zero-order valence-corrected chi connectivity index (χ0v) is 13.1. The molecule has 0 spiro atoms. The fourth-order valence-electron chi connectivity index (χ4n) is 2.19. The Hall–Kier alpha value is -3.03. The van der Waals surface area contributed by atoms with E-state index in [1.165, 1.54) is 0 Å². The van der Waals surface area contributed by atoms with E-state index < -0.39 is 41.1 Å². The number of likely N-dealkylation sites (N-methyl/N-ethyl adjacent to an activating group) is 1. The summed E-state index contributed by atoms with van der Waals surface area (Å²) in [5, 5.41) is 9.29. The zero-order chi connectivity index (χ0) is 18.6. The number of ether oxygens (including phenoxy) is 1. The third kappa shape index (κ3) is 4.28. The molecule has 8 heteroatoms. The van der Waals surface area contributed by atoms with Crippen molar-refractivity contribution in [3.05, 3.63) is 71.0 Å². The van der Waals surface area contributed by atoms with Gasteiger partial charge in [0, 0.05) is 7.05 Å². The van der Waals surface area contributed by atoms with E-state index in [-0.39, 0.29) is 6.61 Å². The van der Waals surface area contributed by atoms with Crippen LogP contribution in [0.15, 0.2) is 42.5 Å². The van der Waals surface area contributed by atoms with Crippen LogP contribution >= 0.6 is 0 Å². The van der Waals surface area contributed by atoms with E-state index in [1.807, 2.05) is 0 Å². The molecule has 25 heavy (non-hydrogen) atoms. The average molecular weight is 353 g/mol. The van der Waals surface area contributed by atoms with Crippen molar-refractivity contribution in [2.45, 2.75) is 12.6 Å². The van der Waals surface area contributed by atoms with Crippen LogP contribution in [0.25, 0.3) is 0 Å². The summed E-state index contributed by atoms with van der Waals surface area (Å²) in [4.78, 5) is 24.2. The molecule has 0 aromatic heterocycles. The number of aliphatic carboxylic acids is 1. The summed E-state index contributed by atoms with van der Waals surface area (Å²) in [5.74, 6) is -6.37. The molecule has 2 aromatic rings. The van der Waals surface area contributed by atoms with Gasteiger partial charge in [0.2, 0.25) is 0 Å². The Morgan fingerprint density at radius 1 is 1.12 bits per heavy atom. The van der Waals surface area contributed by atoms with Gasteiger partial charge in [0.25, 0.3) is 0 Å². The fraction of sp³-hybridized carbons (Fsp3) is 0.176. The molecule has 1 atom stereocenters. The van der Waals surface area contributed by atoms with Crippen molar-refractivity contribution in [2.24, 2.45) is 0 Å². The van der Waals surface area contributed by atoms with Gasteiger partial charge in [0.1, 0.15) is 6.61 Å². The van der Waals surface area contributed by atoms with Crippen LogP contribution in [0.3, 0.4) is 0 Å². The molecule has 1 N–H and O–H groups in total. The molecule has 132 valence electrons. The summed E-state index contributed by atoms with van der Waals surface area (Å²) < 4.78 is 44.7. The van der Waals surface area contributed by atoms with Gasteiger partial charge in [-0.15, -0.1) is 0 Å². The van der Waals surface area contributed by atoms with Crippen LogP contribution in [0.4, 0.5) is 18.0 Å². The molecule has 1 unspecified atom stereocenters. The minimum atomic E-state index is -1.74. The summed E-state index contributed by atoms with van der Waals surface area (Å²) in [7, 11) is 1.10. The van der Waals surface area contributed by atoms with Gasteiger partial charge in [-0.3, -0.25) is 4.90 Å². The molecule has 0 heterocycles. The zero-order valence-electron chi connectivity index (χ0n) is 13.1. The lowest BCUT2D eigenvalue weighted by atomic mass is 10.1. The fourth-order valence-corrected chi connectivity index (χ4v) is 2.19. The van der Waals surface area contributed by atoms with Gasteiger partial charge in [-0.25, -0.2) is 22.8 Å². The van der Waals surface area contributed by atoms with Gasteiger partial charge in [-0.05, 0) is 23.3 Å². The SMILES string of the molecule is CN(C(=O)OCc1ccccc1)C(C(=O)O)c1cc(F)c(F)c(F)c1. The molecule has 0 saturated carbocycles. The molecular formula is C17H14F3NO4. The van der Waals surface area contributed by atoms with Crippen molar-refractivity contribution in [3.63, 3.8) is 0 Å². The van der Waals surface area contributed by atoms with Crippen molar-refractivity contribution in [2.75, 3.05) is 7.05 Å². The highest BCUT2D eigenvalue weighted by Gasteiger charge is 2.31. The third-order valence-electron chi connectivity index (χ3n) is 3.44. The van der Waals surface area contributed by atoms with Gasteiger partial charge in [-0.1, -0.05) is 30.3 Å². The quantitative estimate of drug-likeness (QED) is 0.836. The molecular weight excluding hydrogens is 339 g/mol. The number of benzene rings is 2. The minimum Gasteiger partial charge on any atom is -0.479 e. The predicted octanol–water partition coefficient (Wildman–Crippen LogP) is 3.50. The maximum atomic E-state index is 13.4. The van der Waals surface area contributed by atoms with Crippen LogP contribution < -0.4 is 0 Å². The Bertz CT molecular complexity index is 760. The number of carboxylic acid groups (broad SMARTS) is 1. The normalized spacial score (nSPS) is 11.7. The summed E-state index contributed by atoms with van der Waals surface area (Å²) in [5.41, 5.74) is 0.248. The van der Waals surface area contributed by atoms with Gasteiger partial charge >= 0.3 is 12.1 Å². The van der Waals surface area contributed by atoms with E-state index >= 15 is 0 Å². The topological polar surface area (TPSA) is 66.8 Å². The third-order valence-corrected chi connectivity index (χ3v) is 3.44. The van der Waals surface area contributed by atoms with Crippen LogP contribution in [0.2, 0.25) is 0 Å². The van der Waals surface area contributed by atoms with Crippen LogP contribution in [0.5, 0.6) is 0 Å². The molecule has 5 nitrogen and oxygen atoms in total. The number of halogens is 3. The predicted molar refractivity (Wildman–Crippen MR) is 81.1 cm³/mol. The van der Waals surface area contributed by atoms with Crippen molar-refractivity contribution in [1.82, 2.24) is 4.90 Å². The largest absolute Gasteiger partial charge is 0.479 e. The van der Waals surface area contributed by atoms with Crippen molar-refractivity contribution in [3.8, 4) is 0 Å². The minimum absolute atomic E-state index is 0.109. The lowest BCUT2D eigenvalue weighted by molar-refractivity contribution is -0.142. The molecule has 0 bridgehead atoms. The number of rotatable bonds is 5. The lowest BCUT2D eigenvalue weighted by Crippen LogP contribution is -2.36. The first-order valence-corrected chi connectivity index (χ1v) is 7.12. The maximum Gasteiger partial charge on any atom is 0.410 e. The number of nitrogens with zero attached hydrogens (tertiary/aromatic N) is 1. The highest BCUT2D eigenvalue weighted by molar-refractivity contribution is 5.81. The van der Waals surface area contributed by atoms with Gasteiger partial charge in [-0.2, -0.15) is 0 Å². The van der Waals surface area contributed by atoms with E-state index in [0.717, 1.165) is 7.05 Å². The molecule has 0 aliphatic rings. The standard InChI is InChI=1S/C17H14F3NO4/c1-21(17(24)25-9-10-5-3-2-4-6-10)15(16(22)23)11-7-12(18)14(20)13(19)8-11/h2-8,15H,9H2,1H3,(H,22,23). The highest BCUT2D eigenvalue weighted by Crippen LogP contribution is 2.24. The first kappa shape index (κ1) is 18.3. The molecule has 2 aromatic carbocycles. The second-order valence-corrected chi connectivity index (χ2v) is 5.19.